The summed E-state index contributed by atoms with van der Waals surface area (Å²) in [6, 6.07) is 1.93. The van der Waals surface area contributed by atoms with Crippen molar-refractivity contribution < 1.29 is 49.8 Å². The van der Waals surface area contributed by atoms with Crippen molar-refractivity contribution in [1.29, 1.82) is 0 Å². The molecular weight excluding hydrogens is 522 g/mol. The third-order valence-electron chi connectivity index (χ3n) is 8.07. The fourth-order valence-corrected chi connectivity index (χ4v) is 6.19. The van der Waals surface area contributed by atoms with Gasteiger partial charge in [0.1, 0.15) is 23.5 Å². The fraction of sp³-hybridized carbons (Fsp3) is 0.276. The molecule has 1 saturated heterocycles. The van der Waals surface area contributed by atoms with E-state index in [1.54, 1.807) is 0 Å². The zero-order valence-corrected chi connectivity index (χ0v) is 20.9. The van der Waals surface area contributed by atoms with E-state index >= 15 is 0 Å². The molecule has 0 amide bonds. The van der Waals surface area contributed by atoms with Crippen LogP contribution < -0.4 is 5.32 Å². The summed E-state index contributed by atoms with van der Waals surface area (Å²) < 4.78 is 6.14. The predicted octanol–water partition coefficient (Wildman–Crippen LogP) is -0.0244. The smallest absolute Gasteiger partial charge is 0.200 e. The average Bonchev–Trinajstić information content (AvgIpc) is 3.64. The Bertz CT molecular complexity index is 1750. The Hall–Kier alpha value is -4.65. The minimum atomic E-state index is -2.41. The van der Waals surface area contributed by atoms with E-state index in [-0.39, 0.29) is 16.8 Å². The quantitative estimate of drug-likeness (QED) is 0.101. The lowest BCUT2D eigenvalue weighted by atomic mass is 9.64. The zero-order valence-electron chi connectivity index (χ0n) is 20.9. The van der Waals surface area contributed by atoms with Crippen LogP contribution in [0, 0.1) is 23.7 Å². The molecule has 202 valence electrons. The number of carbonyl (C=O) groups is 3. The number of anilines is 1. The molecule has 2 aromatic carbocycles. The minimum Gasteiger partial charge on any atom is -0.507 e. The number of benzene rings is 2. The number of phenols is 3. The Labute approximate surface area is 226 Å². The Kier molecular flexibility index (Phi) is 5.09. The topological polar surface area (TPSA) is 197 Å². The van der Waals surface area contributed by atoms with Crippen molar-refractivity contribution >= 4 is 23.0 Å². The molecule has 0 radical (unpaired) electrons. The van der Waals surface area contributed by atoms with Gasteiger partial charge in [-0.25, -0.2) is 0 Å². The van der Waals surface area contributed by atoms with E-state index in [9.17, 15) is 45.0 Å². The van der Waals surface area contributed by atoms with Crippen molar-refractivity contribution in [2.75, 3.05) is 5.32 Å². The first-order valence-corrected chi connectivity index (χ1v) is 12.1. The van der Waals surface area contributed by atoms with Crippen LogP contribution in [-0.4, -0.2) is 77.4 Å². The molecule has 3 unspecified atom stereocenters. The number of aliphatic hydroxyl groups excluding tert-OH is 2. The van der Waals surface area contributed by atoms with Gasteiger partial charge in [0.05, 0.1) is 22.4 Å². The molecule has 1 fully saturated rings. The lowest BCUT2D eigenvalue weighted by molar-refractivity contribution is -0.150. The van der Waals surface area contributed by atoms with E-state index in [0.29, 0.717) is 0 Å². The molecule has 7 N–H and O–H groups in total. The van der Waals surface area contributed by atoms with E-state index in [4.69, 9.17) is 4.74 Å². The van der Waals surface area contributed by atoms with Crippen LogP contribution in [0.5, 0.6) is 17.2 Å². The van der Waals surface area contributed by atoms with E-state index in [1.165, 1.54) is 12.2 Å². The van der Waals surface area contributed by atoms with Crippen LogP contribution in [0.1, 0.15) is 51.3 Å². The summed E-state index contributed by atoms with van der Waals surface area (Å²) in [6.45, 7) is 2.19. The summed E-state index contributed by atoms with van der Waals surface area (Å²) in [5.41, 5.74) is -8.32. The summed E-state index contributed by atoms with van der Waals surface area (Å²) in [7, 11) is 0. The van der Waals surface area contributed by atoms with Gasteiger partial charge in [-0.15, -0.1) is 0 Å². The van der Waals surface area contributed by atoms with Gasteiger partial charge in [0.2, 0.25) is 5.78 Å². The summed E-state index contributed by atoms with van der Waals surface area (Å²) in [5.74, 6) is 5.94. The summed E-state index contributed by atoms with van der Waals surface area (Å²) in [5, 5.41) is 68.4. The normalized spacial score (nSPS) is 29.7. The Morgan fingerprint density at radius 1 is 1.05 bits per heavy atom. The van der Waals surface area contributed by atoms with Crippen LogP contribution >= 0.6 is 0 Å². The zero-order chi connectivity index (χ0) is 28.9. The van der Waals surface area contributed by atoms with Crippen molar-refractivity contribution in [3.8, 4) is 40.9 Å². The molecule has 0 saturated carbocycles. The number of ketones is 3. The number of phenolic OH excluding ortho intramolecular Hbond substituents is 3. The SMILES string of the molecule is CC(=O)C(O)C(C)(O)[C@@]12OC13c1cc(O)c4c(c1N[C@H]2C#C/C=C\C#C[C@H]3O)C(=O)c1c(ccc(O)c1O)C4=O. The molecule has 0 aromatic heterocycles. The second-order valence-corrected chi connectivity index (χ2v) is 10.2. The van der Waals surface area contributed by atoms with Crippen LogP contribution in [0.4, 0.5) is 5.69 Å². The standard InChI is InChI=1S/C29H21NO10/c1-12(31)26(38)27(2,39)29-17-7-5-3-4-6-8-18(34)28(29,40-29)14-11-16(33)20-21(22(14)30-17)25(37)19-13(23(20)35)9-10-15(32)24(19)36/h3-4,9-11,17-18,26,30,32-34,36,38-39H,1-2H3/b4-3-/t17-,18+,26?,27?,28?,29+/m0/s1. The number of rotatable bonds is 3. The molecule has 6 atom stereocenters. The maximum atomic E-state index is 13.8. The largest absolute Gasteiger partial charge is 0.507 e. The van der Waals surface area contributed by atoms with E-state index in [1.807, 2.05) is 0 Å². The molecule has 11 heteroatoms. The van der Waals surface area contributed by atoms with Gasteiger partial charge in [-0.3, -0.25) is 14.4 Å². The van der Waals surface area contributed by atoms with Gasteiger partial charge in [-0.1, -0.05) is 23.7 Å². The summed E-state index contributed by atoms with van der Waals surface area (Å²) >= 11 is 0. The lowest BCUT2D eigenvalue weighted by Crippen LogP contribution is -2.66. The number of hydrogen-bond donors (Lipinski definition) is 7. The predicted molar refractivity (Wildman–Crippen MR) is 136 cm³/mol. The van der Waals surface area contributed by atoms with Gasteiger partial charge in [0.15, 0.2) is 40.4 Å². The van der Waals surface area contributed by atoms with Crippen molar-refractivity contribution in [2.45, 2.75) is 48.9 Å². The molecule has 0 spiro atoms. The second-order valence-electron chi connectivity index (χ2n) is 10.2. The number of hydrogen-bond acceptors (Lipinski definition) is 11. The number of nitrogens with one attached hydrogen (secondary N) is 1. The van der Waals surface area contributed by atoms with Crippen LogP contribution in [0.25, 0.3) is 0 Å². The third-order valence-corrected chi connectivity index (χ3v) is 8.07. The molecule has 2 aromatic rings. The van der Waals surface area contributed by atoms with Crippen LogP contribution in [0.2, 0.25) is 0 Å². The van der Waals surface area contributed by atoms with Gasteiger partial charge < -0.3 is 40.7 Å². The number of aromatic hydroxyl groups is 3. The fourth-order valence-electron chi connectivity index (χ4n) is 6.19. The minimum absolute atomic E-state index is 0.117. The van der Waals surface area contributed by atoms with Gasteiger partial charge in [0.25, 0.3) is 0 Å². The number of ether oxygens (including phenoxy) is 1. The molecule has 6 rings (SSSR count). The van der Waals surface area contributed by atoms with Gasteiger partial charge >= 0.3 is 0 Å². The van der Waals surface area contributed by atoms with E-state index in [0.717, 1.165) is 32.0 Å². The summed E-state index contributed by atoms with van der Waals surface area (Å²) in [4.78, 5) is 39.5. The molecule has 4 aliphatic rings. The summed E-state index contributed by atoms with van der Waals surface area (Å²) in [6.07, 6.45) is -1.06. The number of carbonyl (C=O) groups excluding carboxylic acids is 3. The Morgan fingerprint density at radius 2 is 1.73 bits per heavy atom. The van der Waals surface area contributed by atoms with Gasteiger partial charge in [0, 0.05) is 11.1 Å². The number of fused-ring (bicyclic) bond motifs is 4. The Balaban J connectivity index is 1.70. The van der Waals surface area contributed by atoms with Crippen molar-refractivity contribution in [3.05, 3.63) is 58.2 Å². The molecule has 40 heavy (non-hydrogen) atoms. The number of allylic oxidation sites excluding steroid dienone is 2. The first-order chi connectivity index (χ1) is 18.8. The van der Waals surface area contributed by atoms with Gasteiger partial charge in [-0.2, -0.15) is 0 Å². The van der Waals surface area contributed by atoms with Crippen molar-refractivity contribution in [2.24, 2.45) is 0 Å². The molecule has 2 heterocycles. The lowest BCUT2D eigenvalue weighted by Gasteiger charge is -2.43. The van der Waals surface area contributed by atoms with Crippen LogP contribution in [-0.2, 0) is 15.1 Å². The Morgan fingerprint density at radius 3 is 2.40 bits per heavy atom. The van der Waals surface area contributed by atoms with Gasteiger partial charge in [-0.05, 0) is 44.2 Å². The van der Waals surface area contributed by atoms with E-state index in [2.05, 4.69) is 29.0 Å². The third kappa shape index (κ3) is 2.81. The first-order valence-electron chi connectivity index (χ1n) is 12.1. The number of aliphatic hydroxyl groups is 3. The first kappa shape index (κ1) is 25.6. The maximum Gasteiger partial charge on any atom is 0.200 e. The highest BCUT2D eigenvalue weighted by Crippen LogP contribution is 2.70. The highest BCUT2D eigenvalue weighted by atomic mass is 16.7. The maximum absolute atomic E-state index is 13.8. The molecule has 11 nitrogen and oxygen atoms in total. The average molecular weight is 543 g/mol. The molecular formula is C29H21NO10. The highest BCUT2D eigenvalue weighted by molar-refractivity contribution is 6.32. The van der Waals surface area contributed by atoms with Crippen molar-refractivity contribution in [1.82, 2.24) is 0 Å². The number of epoxide rings is 1. The van der Waals surface area contributed by atoms with Crippen molar-refractivity contribution in [3.63, 3.8) is 0 Å². The monoisotopic (exact) mass is 543 g/mol. The highest BCUT2D eigenvalue weighted by Gasteiger charge is 2.87. The second kappa shape index (κ2) is 7.94. The molecule has 2 aliphatic heterocycles. The van der Waals surface area contributed by atoms with Crippen LogP contribution in [0.15, 0.2) is 30.4 Å². The van der Waals surface area contributed by atoms with E-state index < -0.39 is 86.3 Å². The van der Waals surface area contributed by atoms with Crippen LogP contribution in [0.3, 0.4) is 0 Å². The number of Topliss-reactive ketones (excluding diaryl/α,β-unsaturated/α-hetero) is 1. The molecule has 2 aliphatic carbocycles. The molecule has 2 bridgehead atoms.